The van der Waals surface area contributed by atoms with Crippen molar-refractivity contribution in [1.29, 1.82) is 0 Å². The third kappa shape index (κ3) is 2.36. The molecule has 1 aliphatic carbocycles. The van der Waals surface area contributed by atoms with E-state index in [9.17, 15) is 0 Å². The summed E-state index contributed by atoms with van der Waals surface area (Å²) in [5, 5.41) is 0. The van der Waals surface area contributed by atoms with E-state index in [-0.39, 0.29) is 0 Å². The third-order valence-corrected chi connectivity index (χ3v) is 2.58. The number of nitrogens with two attached hydrogens (primary N) is 1. The van der Waals surface area contributed by atoms with Crippen LogP contribution in [0.4, 0.5) is 0 Å². The largest absolute Gasteiger partial charge is 0.390 e. The molecule has 68 valence electrons. The maximum Gasteiger partial charge on any atom is 0.0801 e. The van der Waals surface area contributed by atoms with Crippen LogP contribution >= 0.6 is 0 Å². The van der Waals surface area contributed by atoms with Gasteiger partial charge in [-0.15, -0.1) is 0 Å². The second-order valence-corrected chi connectivity index (χ2v) is 3.72. The van der Waals surface area contributed by atoms with Crippen LogP contribution in [0, 0.1) is 5.92 Å². The zero-order valence-electron chi connectivity index (χ0n) is 8.01. The first-order chi connectivity index (χ1) is 5.74. The summed E-state index contributed by atoms with van der Waals surface area (Å²) in [6, 6.07) is 0. The highest BCUT2D eigenvalue weighted by Gasteiger charge is 2.13. The molecule has 0 aliphatic heterocycles. The number of hydrogen-bond acceptors (Lipinski definition) is 1. The van der Waals surface area contributed by atoms with Crippen molar-refractivity contribution in [3.8, 4) is 0 Å². The minimum atomic E-state index is 0.815. The van der Waals surface area contributed by atoms with Crippen molar-refractivity contribution in [2.45, 2.75) is 33.1 Å². The van der Waals surface area contributed by atoms with E-state index in [2.05, 4.69) is 18.8 Å². The first kappa shape index (κ1) is 9.30. The van der Waals surface area contributed by atoms with Gasteiger partial charge in [0.15, 0.2) is 0 Å². The molecule has 0 aromatic carbocycles. The van der Waals surface area contributed by atoms with Gasteiger partial charge in [-0.05, 0) is 37.7 Å². The fourth-order valence-corrected chi connectivity index (χ4v) is 1.78. The standard InChI is InChI=1S/C10H18N2/c1-8-3-4-10(6-12-7-11)9(2)5-8/h7-8H,3-6H2,1-2H3,(H2,11,12)/t8-/m0/s1. The third-order valence-electron chi connectivity index (χ3n) is 2.58. The first-order valence-electron chi connectivity index (χ1n) is 4.61. The number of allylic oxidation sites excluding steroid dienone is 1. The quantitative estimate of drug-likeness (QED) is 0.381. The fraction of sp³-hybridized carbons (Fsp3) is 0.700. The van der Waals surface area contributed by atoms with Crippen molar-refractivity contribution < 1.29 is 0 Å². The molecule has 0 bridgehead atoms. The van der Waals surface area contributed by atoms with Crippen LogP contribution in [0.25, 0.3) is 0 Å². The van der Waals surface area contributed by atoms with Crippen molar-refractivity contribution in [2.24, 2.45) is 16.6 Å². The van der Waals surface area contributed by atoms with Crippen LogP contribution in [0.5, 0.6) is 0 Å². The molecule has 0 aromatic rings. The monoisotopic (exact) mass is 166 g/mol. The molecule has 0 radical (unpaired) electrons. The summed E-state index contributed by atoms with van der Waals surface area (Å²) in [7, 11) is 0. The normalized spacial score (nSPS) is 25.3. The van der Waals surface area contributed by atoms with Crippen molar-refractivity contribution in [3.63, 3.8) is 0 Å². The Morgan fingerprint density at radius 2 is 2.42 bits per heavy atom. The van der Waals surface area contributed by atoms with Gasteiger partial charge in [-0.2, -0.15) is 0 Å². The lowest BCUT2D eigenvalue weighted by atomic mass is 9.86. The molecule has 0 spiro atoms. The lowest BCUT2D eigenvalue weighted by Gasteiger charge is -2.21. The van der Waals surface area contributed by atoms with E-state index in [4.69, 9.17) is 5.73 Å². The minimum absolute atomic E-state index is 0.815. The van der Waals surface area contributed by atoms with Gasteiger partial charge in [0.25, 0.3) is 0 Å². The van der Waals surface area contributed by atoms with Crippen molar-refractivity contribution >= 4 is 6.34 Å². The Balaban J connectivity index is 2.56. The molecule has 1 atom stereocenters. The molecular formula is C10H18N2. The number of rotatable bonds is 2. The van der Waals surface area contributed by atoms with Gasteiger partial charge in [-0.25, -0.2) is 0 Å². The molecule has 1 aliphatic rings. The number of hydrogen-bond donors (Lipinski definition) is 1. The highest BCUT2D eigenvalue weighted by Crippen LogP contribution is 2.28. The summed E-state index contributed by atoms with van der Waals surface area (Å²) < 4.78 is 0. The lowest BCUT2D eigenvalue weighted by Crippen LogP contribution is -2.08. The van der Waals surface area contributed by atoms with E-state index in [1.807, 2.05) is 0 Å². The molecule has 0 fully saturated rings. The van der Waals surface area contributed by atoms with Crippen LogP contribution in [-0.2, 0) is 0 Å². The molecule has 0 unspecified atom stereocenters. The Hall–Kier alpha value is -0.790. The van der Waals surface area contributed by atoms with Gasteiger partial charge < -0.3 is 5.73 Å². The van der Waals surface area contributed by atoms with E-state index < -0.39 is 0 Å². The topological polar surface area (TPSA) is 38.4 Å². The maximum absolute atomic E-state index is 5.20. The molecular weight excluding hydrogens is 148 g/mol. The fourth-order valence-electron chi connectivity index (χ4n) is 1.78. The van der Waals surface area contributed by atoms with Gasteiger partial charge >= 0.3 is 0 Å². The van der Waals surface area contributed by atoms with Crippen molar-refractivity contribution in [2.75, 3.05) is 6.54 Å². The predicted molar refractivity (Wildman–Crippen MR) is 53.3 cm³/mol. The smallest absolute Gasteiger partial charge is 0.0801 e. The van der Waals surface area contributed by atoms with Crippen LogP contribution < -0.4 is 5.73 Å². The van der Waals surface area contributed by atoms with Crippen LogP contribution in [0.3, 0.4) is 0 Å². The van der Waals surface area contributed by atoms with E-state index >= 15 is 0 Å². The summed E-state index contributed by atoms with van der Waals surface area (Å²) in [6.07, 6.45) is 5.17. The van der Waals surface area contributed by atoms with E-state index in [0.29, 0.717) is 0 Å². The zero-order valence-corrected chi connectivity index (χ0v) is 8.01. The Kier molecular flexibility index (Phi) is 3.32. The minimum Gasteiger partial charge on any atom is -0.390 e. The average molecular weight is 166 g/mol. The molecule has 0 amide bonds. The Labute approximate surface area is 74.6 Å². The summed E-state index contributed by atoms with van der Waals surface area (Å²) in [5.41, 5.74) is 8.23. The molecule has 0 aromatic heterocycles. The van der Waals surface area contributed by atoms with Gasteiger partial charge in [0.2, 0.25) is 0 Å². The van der Waals surface area contributed by atoms with Crippen molar-refractivity contribution in [1.82, 2.24) is 0 Å². The van der Waals surface area contributed by atoms with Crippen LogP contribution in [0.15, 0.2) is 16.1 Å². The molecule has 2 heteroatoms. The summed E-state index contributed by atoms with van der Waals surface area (Å²) in [5.74, 6) is 0.857. The maximum atomic E-state index is 5.20. The predicted octanol–water partition coefficient (Wildman–Crippen LogP) is 2.11. The molecule has 1 rings (SSSR count). The van der Waals surface area contributed by atoms with Gasteiger partial charge in [0.05, 0.1) is 12.9 Å². The highest BCUT2D eigenvalue weighted by atomic mass is 14.8. The summed E-state index contributed by atoms with van der Waals surface area (Å²) >= 11 is 0. The van der Waals surface area contributed by atoms with Gasteiger partial charge in [-0.3, -0.25) is 4.99 Å². The van der Waals surface area contributed by atoms with Gasteiger partial charge in [0, 0.05) is 0 Å². The van der Waals surface area contributed by atoms with Gasteiger partial charge in [-0.1, -0.05) is 12.5 Å². The Morgan fingerprint density at radius 3 is 3.00 bits per heavy atom. The second kappa shape index (κ2) is 4.29. The van der Waals surface area contributed by atoms with Gasteiger partial charge in [0.1, 0.15) is 0 Å². The number of aliphatic imine (C=N–C) groups is 1. The Bertz CT molecular complexity index is 204. The van der Waals surface area contributed by atoms with Crippen LogP contribution in [0.1, 0.15) is 33.1 Å². The van der Waals surface area contributed by atoms with Crippen LogP contribution in [0.2, 0.25) is 0 Å². The highest BCUT2D eigenvalue weighted by molar-refractivity contribution is 5.51. The second-order valence-electron chi connectivity index (χ2n) is 3.72. The van der Waals surface area contributed by atoms with E-state index in [0.717, 1.165) is 12.5 Å². The molecule has 12 heavy (non-hydrogen) atoms. The lowest BCUT2D eigenvalue weighted by molar-refractivity contribution is 0.493. The van der Waals surface area contributed by atoms with E-state index in [1.54, 1.807) is 0 Å². The number of nitrogens with zero attached hydrogens (tertiary/aromatic N) is 1. The zero-order chi connectivity index (χ0) is 8.97. The average Bonchev–Trinajstić information content (AvgIpc) is 2.03. The Morgan fingerprint density at radius 1 is 1.67 bits per heavy atom. The molecule has 0 heterocycles. The molecule has 0 saturated heterocycles. The molecule has 0 saturated carbocycles. The molecule has 2 nitrogen and oxygen atoms in total. The summed E-state index contributed by atoms with van der Waals surface area (Å²) in [4.78, 5) is 4.07. The first-order valence-corrected chi connectivity index (χ1v) is 4.61. The van der Waals surface area contributed by atoms with E-state index in [1.165, 1.54) is 36.7 Å². The van der Waals surface area contributed by atoms with Crippen molar-refractivity contribution in [3.05, 3.63) is 11.1 Å². The molecule has 2 N–H and O–H groups in total. The SMILES string of the molecule is CC1=C(CN=CN)CC[C@H](C)C1. The van der Waals surface area contributed by atoms with Crippen LogP contribution in [-0.4, -0.2) is 12.9 Å². The summed E-state index contributed by atoms with van der Waals surface area (Å²) in [6.45, 7) is 5.35.